The monoisotopic (exact) mass is 520 g/mol. The molecule has 5 aliphatic carbocycles. The molecular weight excluding hydrogens is 472 g/mol. The summed E-state index contributed by atoms with van der Waals surface area (Å²) in [7, 11) is 0. The van der Waals surface area contributed by atoms with E-state index < -0.39 is 46.6 Å². The number of fused-ring (bicyclic) bond motifs is 7. The second-order valence-corrected chi connectivity index (χ2v) is 14.7. The molecule has 0 aliphatic heterocycles. The number of carboxylic acids is 1. The lowest BCUT2D eigenvalue weighted by atomic mass is 9.33. The van der Waals surface area contributed by atoms with Gasteiger partial charge in [0.2, 0.25) is 0 Å². The second-order valence-electron chi connectivity index (χ2n) is 14.7. The largest absolute Gasteiger partial charge is 0.481 e. The van der Waals surface area contributed by atoms with Gasteiger partial charge in [0, 0.05) is 11.3 Å². The maximum atomic E-state index is 12.9. The molecule has 0 unspecified atom stereocenters. The van der Waals surface area contributed by atoms with Crippen molar-refractivity contribution >= 4 is 5.97 Å². The van der Waals surface area contributed by atoms with Crippen molar-refractivity contribution in [2.45, 2.75) is 110 Å². The summed E-state index contributed by atoms with van der Waals surface area (Å²) in [5, 5.41) is 65.3. The first-order valence-electron chi connectivity index (χ1n) is 14.3. The summed E-state index contributed by atoms with van der Waals surface area (Å²) in [6.07, 6.45) is 7.11. The van der Waals surface area contributed by atoms with E-state index in [1.807, 2.05) is 6.92 Å². The molecule has 0 heterocycles. The Balaban J connectivity index is 1.65. The molecule has 37 heavy (non-hydrogen) atoms. The molecule has 0 saturated heterocycles. The third-order valence-electron chi connectivity index (χ3n) is 13.8. The summed E-state index contributed by atoms with van der Waals surface area (Å²) < 4.78 is 0. The zero-order chi connectivity index (χ0) is 27.4. The van der Waals surface area contributed by atoms with E-state index in [1.165, 1.54) is 6.92 Å². The van der Waals surface area contributed by atoms with E-state index in [1.54, 1.807) is 0 Å². The predicted molar refractivity (Wildman–Crippen MR) is 138 cm³/mol. The van der Waals surface area contributed by atoms with E-state index in [0.29, 0.717) is 19.3 Å². The molecular formula is C30H48O7. The maximum absolute atomic E-state index is 12.9. The van der Waals surface area contributed by atoms with Crippen LogP contribution >= 0.6 is 0 Å². The van der Waals surface area contributed by atoms with Crippen LogP contribution < -0.4 is 0 Å². The van der Waals surface area contributed by atoms with Crippen LogP contribution in [0.2, 0.25) is 0 Å². The van der Waals surface area contributed by atoms with Crippen molar-refractivity contribution in [1.29, 1.82) is 0 Å². The molecule has 0 spiro atoms. The third kappa shape index (κ3) is 3.04. The SMILES string of the molecule is C[C@]12CC[C@@H](O)[C@](C)(CO)[C@@H]1CC[C@]1(C)[C@@H]2CC=C2[C@H]3[C@](C(=O)O)(CC[C@@](O)(CO)[C@@]3(C)O)CC[C@]21C. The fraction of sp³-hybridized carbons (Fsp3) is 0.900. The van der Waals surface area contributed by atoms with Crippen molar-refractivity contribution in [1.82, 2.24) is 0 Å². The molecule has 0 radical (unpaired) electrons. The van der Waals surface area contributed by atoms with Gasteiger partial charge in [0.05, 0.1) is 24.7 Å². The fourth-order valence-corrected chi connectivity index (χ4v) is 11.0. The van der Waals surface area contributed by atoms with Crippen LogP contribution in [0.25, 0.3) is 0 Å². The van der Waals surface area contributed by atoms with E-state index in [9.17, 15) is 35.4 Å². The highest BCUT2D eigenvalue weighted by Gasteiger charge is 2.73. The molecule has 0 bridgehead atoms. The van der Waals surface area contributed by atoms with Gasteiger partial charge in [0.15, 0.2) is 0 Å². The highest BCUT2D eigenvalue weighted by Crippen LogP contribution is 2.76. The quantitative estimate of drug-likeness (QED) is 0.314. The number of aliphatic carboxylic acids is 1. The molecule has 0 aromatic rings. The Morgan fingerprint density at radius 1 is 0.892 bits per heavy atom. The summed E-state index contributed by atoms with van der Waals surface area (Å²) in [5.41, 5.74) is -4.97. The number of hydrogen-bond acceptors (Lipinski definition) is 6. The summed E-state index contributed by atoms with van der Waals surface area (Å²) >= 11 is 0. The first-order valence-corrected chi connectivity index (χ1v) is 14.3. The van der Waals surface area contributed by atoms with Gasteiger partial charge in [-0.15, -0.1) is 0 Å². The van der Waals surface area contributed by atoms with Crippen LogP contribution in [0.5, 0.6) is 0 Å². The van der Waals surface area contributed by atoms with Crippen molar-refractivity contribution in [3.05, 3.63) is 11.6 Å². The lowest BCUT2D eigenvalue weighted by molar-refractivity contribution is -0.257. The van der Waals surface area contributed by atoms with Gasteiger partial charge in [-0.3, -0.25) is 4.79 Å². The lowest BCUT2D eigenvalue weighted by Gasteiger charge is -2.72. The summed E-state index contributed by atoms with van der Waals surface area (Å²) in [4.78, 5) is 12.9. The van der Waals surface area contributed by atoms with Gasteiger partial charge in [-0.25, -0.2) is 0 Å². The molecule has 0 aromatic heterocycles. The van der Waals surface area contributed by atoms with E-state index in [-0.39, 0.29) is 47.5 Å². The molecule has 0 aromatic carbocycles. The van der Waals surface area contributed by atoms with Crippen molar-refractivity contribution in [3.8, 4) is 0 Å². The average molecular weight is 521 g/mol. The topological polar surface area (TPSA) is 138 Å². The summed E-state index contributed by atoms with van der Waals surface area (Å²) in [5.74, 6) is -1.25. The van der Waals surface area contributed by atoms with Gasteiger partial charge in [0.1, 0.15) is 11.2 Å². The van der Waals surface area contributed by atoms with Crippen LogP contribution in [0.4, 0.5) is 0 Å². The van der Waals surface area contributed by atoms with Crippen molar-refractivity contribution in [2.75, 3.05) is 13.2 Å². The zero-order valence-corrected chi connectivity index (χ0v) is 23.3. The highest BCUT2D eigenvalue weighted by atomic mass is 16.4. The van der Waals surface area contributed by atoms with Gasteiger partial charge >= 0.3 is 5.97 Å². The number of carboxylic acid groups (broad SMARTS) is 1. The molecule has 4 saturated carbocycles. The van der Waals surface area contributed by atoms with Gasteiger partial charge in [-0.05, 0) is 92.8 Å². The standard InChI is InChI=1S/C30H48O7/c1-24-10-9-21(33)25(2,16-31)19(24)8-11-27(4)20(24)7-6-18-22-28(5,36)30(37,17-32)15-14-29(22,23(34)35)13-12-26(18,27)3/h6,19-22,31-33,36-37H,7-17H2,1-5H3,(H,34,35)/t19-,20-,21-,22-,24+,25-,26-,27-,28+,29-,30-/m1/s1. The second kappa shape index (κ2) is 8.03. The van der Waals surface area contributed by atoms with Crippen LogP contribution in [0, 0.1) is 44.8 Å². The van der Waals surface area contributed by atoms with Crippen molar-refractivity contribution in [2.24, 2.45) is 44.8 Å². The van der Waals surface area contributed by atoms with Crippen molar-refractivity contribution in [3.63, 3.8) is 0 Å². The smallest absolute Gasteiger partial charge is 0.310 e. The Hall–Kier alpha value is -0.990. The summed E-state index contributed by atoms with van der Waals surface area (Å²) in [6.45, 7) is 9.83. The number of carbonyl (C=O) groups is 1. The van der Waals surface area contributed by atoms with Crippen molar-refractivity contribution < 1.29 is 35.4 Å². The van der Waals surface area contributed by atoms with Crippen LogP contribution in [0.3, 0.4) is 0 Å². The average Bonchev–Trinajstić information content (AvgIpc) is 2.84. The Morgan fingerprint density at radius 2 is 1.54 bits per heavy atom. The summed E-state index contributed by atoms with van der Waals surface area (Å²) in [6, 6.07) is 0. The molecule has 210 valence electrons. The minimum Gasteiger partial charge on any atom is -0.481 e. The lowest BCUT2D eigenvalue weighted by Crippen LogP contribution is -2.72. The van der Waals surface area contributed by atoms with Crippen LogP contribution in [-0.4, -0.2) is 67.1 Å². The van der Waals surface area contributed by atoms with E-state index in [2.05, 4.69) is 26.8 Å². The molecule has 11 atom stereocenters. The van der Waals surface area contributed by atoms with E-state index >= 15 is 0 Å². The first-order chi connectivity index (χ1) is 17.0. The highest BCUT2D eigenvalue weighted by molar-refractivity contribution is 5.77. The van der Waals surface area contributed by atoms with Crippen LogP contribution in [0.1, 0.15) is 92.4 Å². The third-order valence-corrected chi connectivity index (χ3v) is 13.8. The number of aliphatic hydroxyl groups excluding tert-OH is 3. The molecule has 7 nitrogen and oxygen atoms in total. The zero-order valence-electron chi connectivity index (χ0n) is 23.3. The van der Waals surface area contributed by atoms with E-state index in [4.69, 9.17) is 0 Å². The number of hydrogen-bond donors (Lipinski definition) is 6. The molecule has 5 rings (SSSR count). The van der Waals surface area contributed by atoms with Crippen LogP contribution in [-0.2, 0) is 4.79 Å². The molecule has 7 heteroatoms. The van der Waals surface area contributed by atoms with Gasteiger partial charge in [0.25, 0.3) is 0 Å². The molecule has 6 N–H and O–H groups in total. The van der Waals surface area contributed by atoms with Gasteiger partial charge in [-0.1, -0.05) is 39.3 Å². The van der Waals surface area contributed by atoms with Crippen LogP contribution in [0.15, 0.2) is 11.6 Å². The fourth-order valence-electron chi connectivity index (χ4n) is 11.0. The van der Waals surface area contributed by atoms with E-state index in [0.717, 1.165) is 31.3 Å². The Kier molecular flexibility index (Phi) is 5.98. The first kappa shape index (κ1) is 27.6. The Bertz CT molecular complexity index is 1010. The normalized spacial score (nSPS) is 57.3. The number of allylic oxidation sites excluding steroid dienone is 1. The molecule has 0 amide bonds. The minimum atomic E-state index is -1.79. The maximum Gasteiger partial charge on any atom is 0.310 e. The Labute approximate surface area is 221 Å². The molecule has 4 fully saturated rings. The molecule has 5 aliphatic rings. The predicted octanol–water partition coefficient (Wildman–Crippen LogP) is 3.26. The number of aliphatic hydroxyl groups is 5. The van der Waals surface area contributed by atoms with Gasteiger partial charge < -0.3 is 30.6 Å². The Morgan fingerprint density at radius 3 is 2.14 bits per heavy atom. The van der Waals surface area contributed by atoms with Gasteiger partial charge in [-0.2, -0.15) is 0 Å². The minimum absolute atomic E-state index is 0.0397. The number of rotatable bonds is 3.